The molecule has 0 N–H and O–H groups in total. The summed E-state index contributed by atoms with van der Waals surface area (Å²) in [5, 5.41) is 0. The van der Waals surface area contributed by atoms with Crippen molar-refractivity contribution in [2.24, 2.45) is 0 Å². The fraction of sp³-hybridized carbons (Fsp3) is 0.143. The van der Waals surface area contributed by atoms with Crippen molar-refractivity contribution in [3.8, 4) is 0 Å². The summed E-state index contributed by atoms with van der Waals surface area (Å²) < 4.78 is 15.2. The van der Waals surface area contributed by atoms with E-state index in [0.717, 1.165) is 16.0 Å². The first-order valence-corrected chi connectivity index (χ1v) is 9.19. The zero-order chi connectivity index (χ0) is 16.8. The summed E-state index contributed by atoms with van der Waals surface area (Å²) in [4.78, 5) is 0.830. The summed E-state index contributed by atoms with van der Waals surface area (Å²) in [6.07, 6.45) is 0. The van der Waals surface area contributed by atoms with Crippen LogP contribution in [0, 0.1) is 0 Å². The maximum absolute atomic E-state index is 13.2. The molecule has 0 saturated heterocycles. The summed E-state index contributed by atoms with van der Waals surface area (Å²) in [6.45, 7) is 2.75. The van der Waals surface area contributed by atoms with E-state index in [1.54, 1.807) is 0 Å². The summed E-state index contributed by atoms with van der Waals surface area (Å²) in [6, 6.07) is 30.1. The number of benzene rings is 3. The van der Waals surface area contributed by atoms with Crippen molar-refractivity contribution in [2.45, 2.75) is 24.4 Å². The second-order valence-corrected chi connectivity index (χ2v) is 7.15. The Balaban J connectivity index is 1.91. The Morgan fingerprint density at radius 1 is 0.792 bits per heavy atom. The fourth-order valence-corrected chi connectivity index (χ4v) is 4.01. The molecule has 3 rings (SSSR count). The van der Waals surface area contributed by atoms with Crippen LogP contribution in [-0.2, 0) is 17.9 Å². The molecule has 0 radical (unpaired) electrons. The van der Waals surface area contributed by atoms with Crippen LogP contribution in [0.3, 0.4) is 0 Å². The molecule has 3 aromatic rings. The molecule has 0 aliphatic heterocycles. The van der Waals surface area contributed by atoms with Crippen LogP contribution in [0.5, 0.6) is 0 Å². The lowest BCUT2D eigenvalue weighted by molar-refractivity contribution is 0.336. The highest BCUT2D eigenvalue weighted by molar-refractivity contribution is 7.89. The molecule has 3 aromatic carbocycles. The van der Waals surface area contributed by atoms with Gasteiger partial charge in [-0.25, -0.2) is 0 Å². The largest absolute Gasteiger partial charge is 0.593 e. The Bertz CT molecular complexity index is 688. The molecule has 2 nitrogen and oxygen atoms in total. The van der Waals surface area contributed by atoms with Crippen molar-refractivity contribution in [3.05, 3.63) is 102 Å². The minimum Gasteiger partial charge on any atom is -0.593 e. The van der Waals surface area contributed by atoms with E-state index in [2.05, 4.69) is 31.2 Å². The molecular formula is C21H21NOS. The van der Waals surface area contributed by atoms with Gasteiger partial charge in [0.15, 0.2) is 4.90 Å². The molecule has 122 valence electrons. The molecule has 0 bridgehead atoms. The molecule has 24 heavy (non-hydrogen) atoms. The number of hydrogen-bond donors (Lipinski definition) is 0. The standard InChI is InChI=1S/C21H21NOS/c1-18(20-13-7-3-8-14-20)22(17-19-11-5-2-6-12-19)24(23)21-15-9-4-10-16-21/h2-16,18H,17H2,1H3/t18?,24-/m1/s1. The highest BCUT2D eigenvalue weighted by Gasteiger charge is 2.29. The minimum atomic E-state index is -1.22. The fourth-order valence-electron chi connectivity index (χ4n) is 2.67. The van der Waals surface area contributed by atoms with Crippen LogP contribution in [0.15, 0.2) is 95.9 Å². The molecular weight excluding hydrogens is 314 g/mol. The normalized spacial score (nSPS) is 13.6. The van der Waals surface area contributed by atoms with E-state index >= 15 is 0 Å². The first kappa shape index (κ1) is 16.8. The van der Waals surface area contributed by atoms with Gasteiger partial charge in [-0.05, 0) is 30.2 Å². The molecule has 0 fully saturated rings. The quantitative estimate of drug-likeness (QED) is 0.594. The maximum Gasteiger partial charge on any atom is 0.174 e. The highest BCUT2D eigenvalue weighted by Crippen LogP contribution is 2.29. The van der Waals surface area contributed by atoms with Crippen LogP contribution < -0.4 is 0 Å². The third-order valence-electron chi connectivity index (χ3n) is 4.05. The van der Waals surface area contributed by atoms with Gasteiger partial charge in [0, 0.05) is 0 Å². The Morgan fingerprint density at radius 2 is 1.29 bits per heavy atom. The summed E-state index contributed by atoms with van der Waals surface area (Å²) in [7, 11) is 0. The number of hydrogen-bond acceptors (Lipinski definition) is 2. The van der Waals surface area contributed by atoms with E-state index in [9.17, 15) is 4.55 Å². The predicted molar refractivity (Wildman–Crippen MR) is 99.7 cm³/mol. The third-order valence-corrected chi connectivity index (χ3v) is 5.60. The molecule has 0 spiro atoms. The van der Waals surface area contributed by atoms with Crippen molar-refractivity contribution < 1.29 is 4.55 Å². The van der Waals surface area contributed by atoms with Crippen molar-refractivity contribution in [2.75, 3.05) is 0 Å². The first-order chi connectivity index (χ1) is 11.8. The van der Waals surface area contributed by atoms with Gasteiger partial charge in [0.2, 0.25) is 0 Å². The highest BCUT2D eigenvalue weighted by atomic mass is 32.2. The average molecular weight is 335 g/mol. The molecule has 2 atom stereocenters. The topological polar surface area (TPSA) is 26.3 Å². The molecule has 3 heteroatoms. The molecule has 0 aliphatic carbocycles. The Kier molecular flexibility index (Phi) is 5.70. The predicted octanol–water partition coefficient (Wildman–Crippen LogP) is 4.97. The van der Waals surface area contributed by atoms with Crippen molar-refractivity contribution in [3.63, 3.8) is 0 Å². The van der Waals surface area contributed by atoms with E-state index in [1.165, 1.54) is 0 Å². The van der Waals surface area contributed by atoms with Crippen molar-refractivity contribution in [1.82, 2.24) is 4.31 Å². The van der Waals surface area contributed by atoms with Gasteiger partial charge in [-0.2, -0.15) is 0 Å². The summed E-state index contributed by atoms with van der Waals surface area (Å²) in [5.41, 5.74) is 2.32. The summed E-state index contributed by atoms with van der Waals surface area (Å²) in [5.74, 6) is 0. The van der Waals surface area contributed by atoms with Crippen molar-refractivity contribution >= 4 is 11.4 Å². The van der Waals surface area contributed by atoms with Gasteiger partial charge in [0.25, 0.3) is 0 Å². The molecule has 1 unspecified atom stereocenters. The van der Waals surface area contributed by atoms with Gasteiger partial charge in [0.05, 0.1) is 23.9 Å². The number of nitrogens with zero attached hydrogens (tertiary/aromatic N) is 1. The molecule has 0 saturated carbocycles. The van der Waals surface area contributed by atoms with Gasteiger partial charge in [-0.3, -0.25) is 0 Å². The number of rotatable bonds is 6. The van der Waals surface area contributed by atoms with Crippen molar-refractivity contribution in [1.29, 1.82) is 0 Å². The van der Waals surface area contributed by atoms with Gasteiger partial charge >= 0.3 is 0 Å². The van der Waals surface area contributed by atoms with E-state index in [0.29, 0.717) is 6.54 Å². The first-order valence-electron chi connectivity index (χ1n) is 8.08. The van der Waals surface area contributed by atoms with Crippen LogP contribution in [0.2, 0.25) is 0 Å². The Hall–Kier alpha value is -2.07. The smallest absolute Gasteiger partial charge is 0.174 e. The van der Waals surface area contributed by atoms with E-state index in [-0.39, 0.29) is 6.04 Å². The molecule has 0 aromatic heterocycles. The van der Waals surface area contributed by atoms with Gasteiger partial charge in [-0.15, -0.1) is 4.31 Å². The Morgan fingerprint density at radius 3 is 1.88 bits per heavy atom. The second-order valence-electron chi connectivity index (χ2n) is 5.71. The van der Waals surface area contributed by atoms with E-state index in [4.69, 9.17) is 0 Å². The van der Waals surface area contributed by atoms with Gasteiger partial charge in [-0.1, -0.05) is 78.9 Å². The minimum absolute atomic E-state index is 0.0486. The SMILES string of the molecule is CC(c1ccccc1)N(Cc1ccccc1)[S@+]([O-])c1ccccc1. The van der Waals surface area contributed by atoms with E-state index in [1.807, 2.05) is 71.0 Å². The van der Waals surface area contributed by atoms with Crippen LogP contribution in [-0.4, -0.2) is 8.86 Å². The summed E-state index contributed by atoms with van der Waals surface area (Å²) >= 11 is -1.22. The molecule has 0 heterocycles. The molecule has 0 aliphatic rings. The van der Waals surface area contributed by atoms with Crippen LogP contribution in [0.1, 0.15) is 24.1 Å². The van der Waals surface area contributed by atoms with Gasteiger partial charge < -0.3 is 4.55 Å². The molecule has 0 amide bonds. The average Bonchev–Trinajstić information content (AvgIpc) is 2.67. The lowest BCUT2D eigenvalue weighted by Gasteiger charge is -2.29. The zero-order valence-electron chi connectivity index (χ0n) is 13.7. The second kappa shape index (κ2) is 8.15. The monoisotopic (exact) mass is 335 g/mol. The van der Waals surface area contributed by atoms with Crippen LogP contribution in [0.25, 0.3) is 0 Å². The van der Waals surface area contributed by atoms with E-state index < -0.39 is 11.4 Å². The lowest BCUT2D eigenvalue weighted by Crippen LogP contribution is -2.33. The zero-order valence-corrected chi connectivity index (χ0v) is 14.5. The third kappa shape index (κ3) is 4.06. The van der Waals surface area contributed by atoms with Crippen LogP contribution >= 0.6 is 0 Å². The Labute approximate surface area is 147 Å². The lowest BCUT2D eigenvalue weighted by atomic mass is 10.1. The maximum atomic E-state index is 13.2. The van der Waals surface area contributed by atoms with Gasteiger partial charge in [0.1, 0.15) is 0 Å². The van der Waals surface area contributed by atoms with Crippen LogP contribution in [0.4, 0.5) is 0 Å².